The Hall–Kier alpha value is -1.68. The molecule has 1 atom stereocenters. The van der Waals surface area contributed by atoms with Gasteiger partial charge in [-0.25, -0.2) is 0 Å². The lowest BCUT2D eigenvalue weighted by Crippen LogP contribution is -2.29. The highest BCUT2D eigenvalue weighted by atomic mass is 16.6. The van der Waals surface area contributed by atoms with Gasteiger partial charge < -0.3 is 14.9 Å². The van der Waals surface area contributed by atoms with Crippen molar-refractivity contribution in [1.82, 2.24) is 0 Å². The van der Waals surface area contributed by atoms with Crippen LogP contribution in [0.4, 0.5) is 0 Å². The monoisotopic (exact) mass is 314 g/mol. The molecular weight excluding hydrogens is 288 g/mol. The Morgan fingerprint density at radius 2 is 1.48 bits per heavy atom. The quantitative estimate of drug-likeness (QED) is 0.642. The third-order valence-corrected chi connectivity index (χ3v) is 4.06. The third kappa shape index (κ3) is 3.63. The Morgan fingerprint density at radius 1 is 1.00 bits per heavy atom. The summed E-state index contributed by atoms with van der Waals surface area (Å²) in [4.78, 5) is 0. The second-order valence-corrected chi connectivity index (χ2v) is 7.09. The van der Waals surface area contributed by atoms with E-state index in [4.69, 9.17) is 4.74 Å². The largest absolute Gasteiger partial charge is 0.386 e. The second kappa shape index (κ2) is 6.08. The van der Waals surface area contributed by atoms with Crippen molar-refractivity contribution in [3.63, 3.8) is 0 Å². The Labute approximate surface area is 138 Å². The van der Waals surface area contributed by atoms with E-state index in [9.17, 15) is 10.2 Å². The number of rotatable bonds is 5. The first-order valence-electron chi connectivity index (χ1n) is 7.80. The van der Waals surface area contributed by atoms with E-state index in [1.165, 1.54) is 0 Å². The summed E-state index contributed by atoms with van der Waals surface area (Å²) < 4.78 is 5.81. The predicted octanol–water partition coefficient (Wildman–Crippen LogP) is 4.21. The SMILES string of the molecule is C=C(C)C(O)OC(C)(C)c1cccc2c(C(C)(C)O)cccc12. The number of fused-ring (bicyclic) bond motifs is 1. The first kappa shape index (κ1) is 17.7. The number of aliphatic hydroxyl groups is 2. The zero-order valence-corrected chi connectivity index (χ0v) is 14.6. The molecule has 0 bridgehead atoms. The minimum Gasteiger partial charge on any atom is -0.386 e. The van der Waals surface area contributed by atoms with Gasteiger partial charge in [0.15, 0.2) is 6.29 Å². The number of benzene rings is 2. The molecule has 2 aromatic rings. The number of hydrogen-bond donors (Lipinski definition) is 2. The number of ether oxygens (including phenoxy) is 1. The standard InChI is InChI=1S/C20H26O3/c1-13(2)18(21)23-20(5,6)17-12-8-9-14-15(17)10-7-11-16(14)19(3,4)22/h7-12,18,21-22H,1H2,2-6H3. The average molecular weight is 314 g/mol. The third-order valence-electron chi connectivity index (χ3n) is 4.06. The molecule has 2 aromatic carbocycles. The molecule has 2 rings (SSSR count). The Morgan fingerprint density at radius 3 is 1.96 bits per heavy atom. The fourth-order valence-corrected chi connectivity index (χ4v) is 2.81. The molecule has 0 amide bonds. The summed E-state index contributed by atoms with van der Waals surface area (Å²) in [5.41, 5.74) is 0.765. The van der Waals surface area contributed by atoms with Gasteiger partial charge in [0.25, 0.3) is 0 Å². The Bertz CT molecular complexity index is 723. The van der Waals surface area contributed by atoms with Crippen molar-refractivity contribution in [2.45, 2.75) is 52.1 Å². The van der Waals surface area contributed by atoms with Crippen molar-refractivity contribution < 1.29 is 14.9 Å². The maximum Gasteiger partial charge on any atom is 0.177 e. The van der Waals surface area contributed by atoms with Gasteiger partial charge in [0.05, 0.1) is 11.2 Å². The average Bonchev–Trinajstić information content (AvgIpc) is 2.44. The van der Waals surface area contributed by atoms with Gasteiger partial charge in [0.2, 0.25) is 0 Å². The van der Waals surface area contributed by atoms with Gasteiger partial charge >= 0.3 is 0 Å². The summed E-state index contributed by atoms with van der Waals surface area (Å²) in [7, 11) is 0. The molecule has 0 aromatic heterocycles. The van der Waals surface area contributed by atoms with Crippen molar-refractivity contribution >= 4 is 10.8 Å². The van der Waals surface area contributed by atoms with E-state index in [2.05, 4.69) is 6.58 Å². The smallest absolute Gasteiger partial charge is 0.177 e. The van der Waals surface area contributed by atoms with Crippen molar-refractivity contribution in [3.8, 4) is 0 Å². The Balaban J connectivity index is 2.60. The van der Waals surface area contributed by atoms with Gasteiger partial charge in [-0.2, -0.15) is 0 Å². The van der Waals surface area contributed by atoms with Gasteiger partial charge in [-0.3, -0.25) is 0 Å². The second-order valence-electron chi connectivity index (χ2n) is 7.09. The summed E-state index contributed by atoms with van der Waals surface area (Å²) in [5, 5.41) is 22.4. The molecule has 23 heavy (non-hydrogen) atoms. The van der Waals surface area contributed by atoms with E-state index in [1.54, 1.807) is 20.8 Å². The van der Waals surface area contributed by atoms with Crippen LogP contribution < -0.4 is 0 Å². The number of aliphatic hydroxyl groups excluding tert-OH is 1. The molecular formula is C20H26O3. The molecule has 0 radical (unpaired) electrons. The summed E-state index contributed by atoms with van der Waals surface area (Å²) in [6.07, 6.45) is -1.02. The van der Waals surface area contributed by atoms with Gasteiger partial charge in [-0.15, -0.1) is 0 Å². The van der Waals surface area contributed by atoms with E-state index in [1.807, 2.05) is 50.2 Å². The molecule has 0 saturated carbocycles. The molecule has 0 aliphatic rings. The van der Waals surface area contributed by atoms with Crippen LogP contribution in [0, 0.1) is 0 Å². The molecule has 3 heteroatoms. The van der Waals surface area contributed by atoms with E-state index in [0.29, 0.717) is 5.57 Å². The molecule has 0 fully saturated rings. The topological polar surface area (TPSA) is 49.7 Å². The summed E-state index contributed by atoms with van der Waals surface area (Å²) in [6.45, 7) is 12.9. The fraction of sp³-hybridized carbons (Fsp3) is 0.400. The zero-order chi connectivity index (χ0) is 17.4. The van der Waals surface area contributed by atoms with Gasteiger partial charge in [0.1, 0.15) is 0 Å². The van der Waals surface area contributed by atoms with Crippen LogP contribution in [0.25, 0.3) is 10.8 Å². The first-order chi connectivity index (χ1) is 10.5. The summed E-state index contributed by atoms with van der Waals surface area (Å²) in [5.74, 6) is 0. The first-order valence-corrected chi connectivity index (χ1v) is 7.80. The highest BCUT2D eigenvalue weighted by Gasteiger charge is 2.28. The van der Waals surface area contributed by atoms with Crippen LogP contribution in [0.15, 0.2) is 48.6 Å². The van der Waals surface area contributed by atoms with Crippen LogP contribution >= 0.6 is 0 Å². The van der Waals surface area contributed by atoms with Gasteiger partial charge in [0, 0.05) is 0 Å². The molecule has 3 nitrogen and oxygen atoms in total. The Kier molecular flexibility index (Phi) is 4.67. The lowest BCUT2D eigenvalue weighted by Gasteiger charge is -2.31. The maximum atomic E-state index is 10.4. The van der Waals surface area contributed by atoms with E-state index in [0.717, 1.165) is 21.9 Å². The van der Waals surface area contributed by atoms with E-state index >= 15 is 0 Å². The molecule has 2 N–H and O–H groups in total. The molecule has 1 unspecified atom stereocenters. The van der Waals surface area contributed by atoms with Crippen LogP contribution in [-0.4, -0.2) is 16.5 Å². The maximum absolute atomic E-state index is 10.4. The molecule has 0 spiro atoms. The molecule has 0 saturated heterocycles. The van der Waals surface area contributed by atoms with Crippen LogP contribution in [0.1, 0.15) is 45.7 Å². The van der Waals surface area contributed by atoms with Gasteiger partial charge in [-0.1, -0.05) is 43.0 Å². The van der Waals surface area contributed by atoms with Crippen LogP contribution in [0.5, 0.6) is 0 Å². The lowest BCUT2D eigenvalue weighted by atomic mass is 9.87. The number of hydrogen-bond acceptors (Lipinski definition) is 3. The molecule has 124 valence electrons. The highest BCUT2D eigenvalue weighted by Crippen LogP contribution is 2.36. The van der Waals surface area contributed by atoms with Crippen LogP contribution in [-0.2, 0) is 15.9 Å². The predicted molar refractivity (Wildman–Crippen MR) is 94.1 cm³/mol. The van der Waals surface area contributed by atoms with Crippen molar-refractivity contribution in [1.29, 1.82) is 0 Å². The molecule has 0 aliphatic carbocycles. The van der Waals surface area contributed by atoms with Crippen LogP contribution in [0.3, 0.4) is 0 Å². The van der Waals surface area contributed by atoms with E-state index < -0.39 is 17.5 Å². The molecule has 0 aliphatic heterocycles. The normalized spacial score (nSPS) is 14.0. The van der Waals surface area contributed by atoms with Gasteiger partial charge in [-0.05, 0) is 62.1 Å². The molecule has 0 heterocycles. The summed E-state index contributed by atoms with van der Waals surface area (Å²) >= 11 is 0. The fourth-order valence-electron chi connectivity index (χ4n) is 2.81. The van der Waals surface area contributed by atoms with Crippen molar-refractivity contribution in [2.24, 2.45) is 0 Å². The van der Waals surface area contributed by atoms with Crippen LogP contribution in [0.2, 0.25) is 0 Å². The van der Waals surface area contributed by atoms with Crippen molar-refractivity contribution in [2.75, 3.05) is 0 Å². The minimum absolute atomic E-state index is 0.565. The summed E-state index contributed by atoms with van der Waals surface area (Å²) in [6, 6.07) is 11.8. The zero-order valence-electron chi connectivity index (χ0n) is 14.6. The minimum atomic E-state index is -1.02. The highest BCUT2D eigenvalue weighted by molar-refractivity contribution is 5.90. The lowest BCUT2D eigenvalue weighted by molar-refractivity contribution is -0.155. The van der Waals surface area contributed by atoms with Crippen molar-refractivity contribution in [3.05, 3.63) is 59.7 Å². The van der Waals surface area contributed by atoms with E-state index in [-0.39, 0.29) is 0 Å².